The van der Waals surface area contributed by atoms with E-state index in [0.29, 0.717) is 23.7 Å². The molecule has 2 aliphatic heterocycles. The third kappa shape index (κ3) is 6.88. The molecule has 5 heteroatoms. The van der Waals surface area contributed by atoms with Gasteiger partial charge in [0.25, 0.3) is 0 Å². The zero-order valence-electron chi connectivity index (χ0n) is 10.6. The van der Waals surface area contributed by atoms with Crippen molar-refractivity contribution in [3.63, 3.8) is 0 Å². The quantitative estimate of drug-likeness (QED) is 0.641. The number of benzene rings is 1. The predicted molar refractivity (Wildman–Crippen MR) is 66.3 cm³/mol. The maximum absolute atomic E-state index is 10.2. The van der Waals surface area contributed by atoms with E-state index in [2.05, 4.69) is 11.7 Å². The van der Waals surface area contributed by atoms with Gasteiger partial charge in [-0.25, -0.2) is 0 Å². The summed E-state index contributed by atoms with van der Waals surface area (Å²) in [5.74, 6) is 0.354. The minimum absolute atomic E-state index is 0.0399. The molecule has 100 valence electrons. The van der Waals surface area contributed by atoms with Gasteiger partial charge in [-0.15, -0.1) is 0 Å². The maximum Gasteiger partial charge on any atom is 0.161 e. The van der Waals surface area contributed by atoms with Gasteiger partial charge in [-0.05, 0) is 25.1 Å². The Bertz CT molecular complexity index is 369. The minimum atomic E-state index is 0.0399. The number of rotatable bonds is 2. The van der Waals surface area contributed by atoms with E-state index in [9.17, 15) is 4.79 Å². The largest absolute Gasteiger partial charge is 0.504 e. The summed E-state index contributed by atoms with van der Waals surface area (Å²) in [5, 5.41) is 9.09. The molecule has 5 nitrogen and oxygen atoms in total. The van der Waals surface area contributed by atoms with Crippen LogP contribution in [0.3, 0.4) is 0 Å². The number of carbonyl (C=O) groups excluding carboxylic acids is 1. The highest BCUT2D eigenvalue weighted by Crippen LogP contribution is 2.25. The van der Waals surface area contributed by atoms with Gasteiger partial charge in [-0.2, -0.15) is 0 Å². The molecule has 1 aromatic carbocycles. The Morgan fingerprint density at radius 1 is 1.44 bits per heavy atom. The van der Waals surface area contributed by atoms with E-state index in [1.807, 2.05) is 0 Å². The van der Waals surface area contributed by atoms with Crippen LogP contribution in [0, 0.1) is 0 Å². The normalized spacial score (nSPS) is 18.4. The zero-order chi connectivity index (χ0) is 13.4. The van der Waals surface area contributed by atoms with Crippen LogP contribution >= 0.6 is 0 Å². The van der Waals surface area contributed by atoms with E-state index in [1.54, 1.807) is 0 Å². The van der Waals surface area contributed by atoms with Gasteiger partial charge in [-0.1, -0.05) is 0 Å². The van der Waals surface area contributed by atoms with Crippen LogP contribution in [0.15, 0.2) is 18.2 Å². The molecule has 0 amide bonds. The third-order valence-corrected chi connectivity index (χ3v) is 2.04. The number of ether oxygens (including phenoxy) is 3. The lowest BCUT2D eigenvalue weighted by Gasteiger charge is -2.01. The van der Waals surface area contributed by atoms with E-state index < -0.39 is 0 Å². The summed E-state index contributed by atoms with van der Waals surface area (Å²) in [6.45, 7) is 5.04. The molecule has 0 radical (unpaired) electrons. The predicted octanol–water partition coefficient (Wildman–Crippen LogP) is 1.64. The average Bonchev–Trinajstić information content (AvgIpc) is 3.24. The number of carbonyl (C=O) groups is 1. The van der Waals surface area contributed by atoms with Crippen LogP contribution in [0.4, 0.5) is 0 Å². The molecule has 3 rings (SSSR count). The van der Waals surface area contributed by atoms with Crippen molar-refractivity contribution in [2.24, 2.45) is 0 Å². The van der Waals surface area contributed by atoms with Gasteiger partial charge in [0.15, 0.2) is 11.5 Å². The number of phenolic OH excluding ortho intramolecular Hbond substituents is 1. The van der Waals surface area contributed by atoms with Crippen molar-refractivity contribution in [2.75, 3.05) is 26.9 Å². The number of aromatic hydroxyl groups is 1. The molecular formula is C13H18O5. The molecule has 18 heavy (non-hydrogen) atoms. The monoisotopic (exact) mass is 254 g/mol. The molecule has 0 aromatic heterocycles. The van der Waals surface area contributed by atoms with Gasteiger partial charge in [0.1, 0.15) is 6.29 Å². The zero-order valence-corrected chi connectivity index (χ0v) is 10.6. The molecule has 1 aromatic rings. The van der Waals surface area contributed by atoms with Crippen LogP contribution in [0.25, 0.3) is 0 Å². The Hall–Kier alpha value is -1.59. The summed E-state index contributed by atoms with van der Waals surface area (Å²) < 4.78 is 14.0. The second-order valence-electron chi connectivity index (χ2n) is 3.81. The lowest BCUT2D eigenvalue weighted by molar-refractivity contribution is 0.112. The van der Waals surface area contributed by atoms with Crippen molar-refractivity contribution >= 4 is 6.29 Å². The van der Waals surface area contributed by atoms with E-state index in [0.717, 1.165) is 19.8 Å². The van der Waals surface area contributed by atoms with Crippen molar-refractivity contribution in [3.8, 4) is 11.5 Å². The van der Waals surface area contributed by atoms with Gasteiger partial charge in [0.2, 0.25) is 0 Å². The first-order valence-corrected chi connectivity index (χ1v) is 5.69. The van der Waals surface area contributed by atoms with Gasteiger partial charge in [0, 0.05) is 5.56 Å². The summed E-state index contributed by atoms with van der Waals surface area (Å²) in [6.07, 6.45) is 1.28. The summed E-state index contributed by atoms with van der Waals surface area (Å²) in [4.78, 5) is 10.2. The lowest BCUT2D eigenvalue weighted by Crippen LogP contribution is -1.85. The van der Waals surface area contributed by atoms with Crippen molar-refractivity contribution in [3.05, 3.63) is 23.8 Å². The second kappa shape index (κ2) is 7.68. The van der Waals surface area contributed by atoms with Crippen LogP contribution in [-0.4, -0.2) is 44.4 Å². The third-order valence-electron chi connectivity index (χ3n) is 2.04. The molecule has 2 aliphatic rings. The fraction of sp³-hybridized carbons (Fsp3) is 0.462. The summed E-state index contributed by atoms with van der Waals surface area (Å²) in [5.41, 5.74) is 0.486. The summed E-state index contributed by atoms with van der Waals surface area (Å²) >= 11 is 0. The Morgan fingerprint density at radius 3 is 2.33 bits per heavy atom. The van der Waals surface area contributed by atoms with Gasteiger partial charge < -0.3 is 19.3 Å². The number of hydrogen-bond donors (Lipinski definition) is 1. The van der Waals surface area contributed by atoms with Crippen LogP contribution in [-0.2, 0) is 9.47 Å². The molecular weight excluding hydrogens is 236 g/mol. The molecule has 1 N–H and O–H groups in total. The molecule has 1 atom stereocenters. The topological polar surface area (TPSA) is 71.6 Å². The van der Waals surface area contributed by atoms with Crippen LogP contribution in [0.1, 0.15) is 17.3 Å². The highest BCUT2D eigenvalue weighted by molar-refractivity contribution is 5.76. The van der Waals surface area contributed by atoms with E-state index in [-0.39, 0.29) is 5.75 Å². The van der Waals surface area contributed by atoms with Crippen molar-refractivity contribution in [1.29, 1.82) is 0 Å². The molecule has 2 fully saturated rings. The van der Waals surface area contributed by atoms with Crippen molar-refractivity contribution < 1.29 is 24.1 Å². The van der Waals surface area contributed by atoms with Crippen molar-refractivity contribution in [1.82, 2.24) is 0 Å². The Labute approximate surface area is 106 Å². The standard InChI is InChI=1S/C8H8O3.C3H6O.C2H4O/c1-11-8-4-6(5-9)2-3-7(8)10;1-3-2-4-3;1-2-3-1/h2-5,10H,1H3;3H,2H2,1H3;1-2H2. The summed E-state index contributed by atoms with van der Waals surface area (Å²) in [6, 6.07) is 4.41. The molecule has 0 bridgehead atoms. The van der Waals surface area contributed by atoms with E-state index >= 15 is 0 Å². The Morgan fingerprint density at radius 2 is 2.00 bits per heavy atom. The molecule has 2 saturated heterocycles. The van der Waals surface area contributed by atoms with E-state index in [4.69, 9.17) is 14.6 Å². The first-order chi connectivity index (χ1) is 8.67. The molecule has 0 spiro atoms. The summed E-state index contributed by atoms with van der Waals surface area (Å²) in [7, 11) is 1.43. The first kappa shape index (κ1) is 14.5. The molecule has 2 heterocycles. The highest BCUT2D eigenvalue weighted by atomic mass is 16.6. The van der Waals surface area contributed by atoms with Crippen LogP contribution in [0.5, 0.6) is 11.5 Å². The smallest absolute Gasteiger partial charge is 0.161 e. The Kier molecular flexibility index (Phi) is 6.18. The SMILES string of the molecule is C1CO1.CC1CO1.COc1cc(C=O)ccc1O. The fourth-order valence-electron chi connectivity index (χ4n) is 0.864. The number of aldehydes is 1. The van der Waals surface area contributed by atoms with Gasteiger partial charge >= 0.3 is 0 Å². The van der Waals surface area contributed by atoms with Crippen LogP contribution in [0.2, 0.25) is 0 Å². The minimum Gasteiger partial charge on any atom is -0.504 e. The molecule has 0 aliphatic carbocycles. The highest BCUT2D eigenvalue weighted by Gasteiger charge is 2.13. The molecule has 1 unspecified atom stereocenters. The van der Waals surface area contributed by atoms with E-state index in [1.165, 1.54) is 25.3 Å². The lowest BCUT2D eigenvalue weighted by atomic mass is 10.2. The average molecular weight is 254 g/mol. The molecule has 0 saturated carbocycles. The second-order valence-corrected chi connectivity index (χ2v) is 3.81. The van der Waals surface area contributed by atoms with Gasteiger partial charge in [0.05, 0.1) is 33.0 Å². The van der Waals surface area contributed by atoms with Crippen LogP contribution < -0.4 is 4.74 Å². The fourth-order valence-corrected chi connectivity index (χ4v) is 0.864. The first-order valence-electron chi connectivity index (χ1n) is 5.69. The van der Waals surface area contributed by atoms with Crippen molar-refractivity contribution in [2.45, 2.75) is 13.0 Å². The number of methoxy groups -OCH3 is 1. The van der Waals surface area contributed by atoms with Gasteiger partial charge in [-0.3, -0.25) is 4.79 Å². The number of hydrogen-bond acceptors (Lipinski definition) is 5. The number of epoxide rings is 2. The maximum atomic E-state index is 10.2. The number of phenols is 1. The Balaban J connectivity index is 0.000000185.